The third kappa shape index (κ3) is 18.5. The van der Waals surface area contributed by atoms with E-state index in [1.54, 1.807) is 33.8 Å². The van der Waals surface area contributed by atoms with Crippen molar-refractivity contribution in [3.63, 3.8) is 0 Å². The quantitative estimate of drug-likeness (QED) is 0.0476. The number of anilines is 10. The molecule has 2 aliphatic carbocycles. The topological polar surface area (TPSA) is 82.3 Å². The van der Waals surface area contributed by atoms with Crippen LogP contribution in [0.25, 0.3) is 11.1 Å². The van der Waals surface area contributed by atoms with Crippen LogP contribution in [0.3, 0.4) is 0 Å². The molecule has 2 saturated carbocycles. The molecule has 4 N–H and O–H groups in total. The van der Waals surface area contributed by atoms with E-state index in [9.17, 15) is 0 Å². The van der Waals surface area contributed by atoms with Gasteiger partial charge < -0.3 is 26.2 Å². The minimum atomic E-state index is -0.120. The standard InChI is InChI=1S/C33H49P.C25H23N3.C18H16N2.C6H7IN2/c1-23(2)26-21-30(24(3)4)33(31(22-26)25(5)6)29-19-13-14-20-32(29)34(27-15-9-7-10-16-27)28-17-11-8-12-18-28;1-2-24-25(17-10-18-26-24)27-20-11-9-16-23(19-20)28(21-12-5-3-6-13-21)22-14-7-4-8-15-22;19-15-8-7-13-18(14-15)20(16-9-3-1-4-10-16)17-11-5-2-6-12-17;1-8-6-5(7)3-2-4-9-6/h13-14,19-25,27-28H,7-12,15-18H2,1-6H3;3-19,27H,2H2,1H3;1-14H,19H2;2-4H,1H3,(H,8,9). The highest BCUT2D eigenvalue weighted by Gasteiger charge is 2.35. The average molecular weight is 1340 g/mol. The second-order valence-corrected chi connectivity index (χ2v) is 28.7. The molecular formula is C82H95IN7P. The number of hydrogen-bond acceptors (Lipinski definition) is 7. The number of benzene rings is 8. The van der Waals surface area contributed by atoms with Crippen LogP contribution >= 0.6 is 30.5 Å². The molecular weight excluding hydrogens is 1240 g/mol. The normalized spacial score (nSPS) is 13.3. The van der Waals surface area contributed by atoms with Crippen LogP contribution in [0.4, 0.5) is 57.0 Å². The third-order valence-electron chi connectivity index (χ3n) is 17.3. The zero-order valence-electron chi connectivity index (χ0n) is 55.0. The van der Waals surface area contributed by atoms with Crippen LogP contribution in [0.1, 0.15) is 153 Å². The van der Waals surface area contributed by atoms with E-state index in [0.29, 0.717) is 17.8 Å². The molecule has 0 saturated heterocycles. The van der Waals surface area contributed by atoms with Gasteiger partial charge >= 0.3 is 0 Å². The van der Waals surface area contributed by atoms with Gasteiger partial charge in [-0.2, -0.15) is 0 Å². The van der Waals surface area contributed by atoms with Crippen molar-refractivity contribution in [3.8, 4) is 11.1 Å². The van der Waals surface area contributed by atoms with Gasteiger partial charge in [0.05, 0.1) is 15.0 Å². The molecule has 0 amide bonds. The molecule has 91 heavy (non-hydrogen) atoms. The van der Waals surface area contributed by atoms with E-state index in [2.05, 4.69) is 247 Å². The van der Waals surface area contributed by atoms with Crippen LogP contribution in [-0.2, 0) is 6.42 Å². The summed E-state index contributed by atoms with van der Waals surface area (Å²) < 4.78 is 1.15. The van der Waals surface area contributed by atoms with E-state index in [1.165, 1.54) is 69.8 Å². The van der Waals surface area contributed by atoms with E-state index in [4.69, 9.17) is 5.73 Å². The molecule has 9 heteroatoms. The van der Waals surface area contributed by atoms with Gasteiger partial charge in [0, 0.05) is 64.9 Å². The first-order valence-corrected chi connectivity index (χ1v) is 35.8. The molecule has 10 aromatic rings. The van der Waals surface area contributed by atoms with Crippen LogP contribution < -0.4 is 31.5 Å². The third-order valence-corrected chi connectivity index (χ3v) is 21.7. The van der Waals surface area contributed by atoms with Gasteiger partial charge in [-0.05, 0) is 226 Å². The first-order chi connectivity index (χ1) is 44.4. The lowest BCUT2D eigenvalue weighted by Crippen LogP contribution is -2.27. The Bertz CT molecular complexity index is 3650. The van der Waals surface area contributed by atoms with Crippen molar-refractivity contribution in [1.82, 2.24) is 9.97 Å². The summed E-state index contributed by atoms with van der Waals surface area (Å²) in [6.45, 7) is 16.4. The Morgan fingerprint density at radius 1 is 0.484 bits per heavy atom. The van der Waals surface area contributed by atoms with Crippen molar-refractivity contribution in [1.29, 1.82) is 0 Å². The van der Waals surface area contributed by atoms with Crippen molar-refractivity contribution in [2.24, 2.45) is 0 Å². The number of nitrogens with two attached hydrogens (primary N) is 1. The molecule has 12 rings (SSSR count). The second-order valence-electron chi connectivity index (χ2n) is 24.8. The van der Waals surface area contributed by atoms with Gasteiger partial charge in [0.1, 0.15) is 5.82 Å². The highest BCUT2D eigenvalue weighted by Crippen LogP contribution is 2.57. The molecule has 2 aromatic heterocycles. The number of aromatic nitrogens is 2. The lowest BCUT2D eigenvalue weighted by molar-refractivity contribution is 0.487. The minimum Gasteiger partial charge on any atom is -0.399 e. The van der Waals surface area contributed by atoms with Crippen LogP contribution in [0.5, 0.6) is 0 Å². The molecule has 0 aliphatic heterocycles. The van der Waals surface area contributed by atoms with Gasteiger partial charge in [-0.25, -0.2) is 4.98 Å². The Balaban J connectivity index is 0.000000155. The summed E-state index contributed by atoms with van der Waals surface area (Å²) in [5.41, 5.74) is 26.2. The summed E-state index contributed by atoms with van der Waals surface area (Å²) >= 11 is 2.24. The van der Waals surface area contributed by atoms with Crippen molar-refractivity contribution >= 4 is 92.8 Å². The van der Waals surface area contributed by atoms with E-state index in [0.717, 1.165) is 84.0 Å². The largest absolute Gasteiger partial charge is 0.399 e. The van der Waals surface area contributed by atoms with Crippen LogP contribution in [0.15, 0.2) is 243 Å². The number of halogens is 1. The molecule has 7 nitrogen and oxygen atoms in total. The Morgan fingerprint density at radius 3 is 1.38 bits per heavy atom. The number of para-hydroxylation sites is 4. The maximum Gasteiger partial charge on any atom is 0.139 e. The lowest BCUT2D eigenvalue weighted by atomic mass is 9.82. The predicted octanol–water partition coefficient (Wildman–Crippen LogP) is 23.8. The summed E-state index contributed by atoms with van der Waals surface area (Å²) in [6, 6.07) is 80.6. The lowest BCUT2D eigenvalue weighted by Gasteiger charge is -2.40. The molecule has 0 spiro atoms. The molecule has 0 bridgehead atoms. The fraction of sp³-hybridized carbons (Fsp3) is 0.293. The Hall–Kier alpha value is -7.78. The molecule has 0 unspecified atom stereocenters. The summed E-state index contributed by atoms with van der Waals surface area (Å²) in [4.78, 5) is 13.0. The number of aryl methyl sites for hydroxylation is 1. The van der Waals surface area contributed by atoms with E-state index >= 15 is 0 Å². The molecule has 0 radical (unpaired) electrons. The number of nitrogens with one attached hydrogen (secondary N) is 2. The van der Waals surface area contributed by atoms with Crippen LogP contribution in [0, 0.1) is 3.57 Å². The fourth-order valence-corrected chi connectivity index (χ4v) is 17.3. The van der Waals surface area contributed by atoms with Gasteiger partial charge in [0.25, 0.3) is 0 Å². The molecule has 0 atom stereocenters. The molecule has 2 fully saturated rings. The van der Waals surface area contributed by atoms with Gasteiger partial charge in [-0.15, -0.1) is 0 Å². The molecule has 2 heterocycles. The smallest absolute Gasteiger partial charge is 0.139 e. The molecule has 470 valence electrons. The maximum atomic E-state index is 5.93. The van der Waals surface area contributed by atoms with E-state index in [-0.39, 0.29) is 7.92 Å². The van der Waals surface area contributed by atoms with Crippen molar-refractivity contribution in [2.75, 3.05) is 33.2 Å². The number of hydrogen-bond donors (Lipinski definition) is 3. The minimum absolute atomic E-state index is 0.120. The second kappa shape index (κ2) is 34.6. The van der Waals surface area contributed by atoms with Crippen molar-refractivity contribution in [3.05, 3.63) is 269 Å². The van der Waals surface area contributed by atoms with Crippen molar-refractivity contribution in [2.45, 2.75) is 148 Å². The maximum absolute atomic E-state index is 5.93. The Morgan fingerprint density at radius 2 is 0.934 bits per heavy atom. The van der Waals surface area contributed by atoms with E-state index < -0.39 is 0 Å². The molecule has 2 aliphatic rings. The summed E-state index contributed by atoms with van der Waals surface area (Å²) in [5, 5.41) is 8.26. The van der Waals surface area contributed by atoms with Crippen LogP contribution in [-0.4, -0.2) is 28.3 Å². The van der Waals surface area contributed by atoms with Gasteiger partial charge in [-0.3, -0.25) is 4.98 Å². The average Bonchev–Trinajstić information content (AvgIpc) is 1.10. The predicted molar refractivity (Wildman–Crippen MR) is 405 cm³/mol. The number of nitrogens with zero attached hydrogens (tertiary/aromatic N) is 4. The summed E-state index contributed by atoms with van der Waals surface area (Å²) in [7, 11) is 1.75. The monoisotopic (exact) mass is 1340 g/mol. The molecule has 8 aromatic carbocycles. The first kappa shape index (κ1) is 67.6. The van der Waals surface area contributed by atoms with Gasteiger partial charge in [0.2, 0.25) is 0 Å². The fourth-order valence-electron chi connectivity index (χ4n) is 12.7. The zero-order valence-corrected chi connectivity index (χ0v) is 58.0. The zero-order chi connectivity index (χ0) is 63.9. The number of rotatable bonds is 17. The van der Waals surface area contributed by atoms with Crippen LogP contribution in [0.2, 0.25) is 0 Å². The van der Waals surface area contributed by atoms with Gasteiger partial charge in [-0.1, -0.05) is 216 Å². The van der Waals surface area contributed by atoms with E-state index in [1.807, 2.05) is 98.2 Å². The summed E-state index contributed by atoms with van der Waals surface area (Å²) in [5.74, 6) is 2.59. The highest BCUT2D eigenvalue weighted by atomic mass is 127. The Kier molecular flexibility index (Phi) is 25.7. The number of nitrogen functional groups attached to an aromatic ring is 1. The Labute approximate surface area is 560 Å². The highest BCUT2D eigenvalue weighted by molar-refractivity contribution is 14.1. The SMILES string of the molecule is CC(C)c1cc(C(C)C)c(-c2ccccc2P(C2CCCCC2)C2CCCCC2)c(C(C)C)c1.CCc1ncccc1Nc1cccc(N(c2ccccc2)c2ccccc2)c1.CNc1ncccc1I.Nc1cccc(N(c2ccccc2)c2ccccc2)c1. The summed E-state index contributed by atoms with van der Waals surface area (Å²) in [6.07, 6.45) is 19.1. The first-order valence-electron chi connectivity index (χ1n) is 33.2. The number of pyridine rings is 2. The van der Waals surface area contributed by atoms with Gasteiger partial charge in [0.15, 0.2) is 0 Å². The van der Waals surface area contributed by atoms with Crippen molar-refractivity contribution < 1.29 is 0 Å².